The minimum atomic E-state index is -3.00. The van der Waals surface area contributed by atoms with Crippen molar-refractivity contribution >= 4 is 32.8 Å². The Kier molecular flexibility index (Phi) is 5.80. The normalized spacial score (nSPS) is 20.0. The standard InChI is InChI=1S/C20H24N2O5S2/c1-21(16-6-10-29(24,25)14-16)13-20(23)22(12-17-3-2-9-28-17)15-4-5-18-19(11-15)27-8-7-26-18/h2-5,9,11,16H,6-8,10,12-14H2,1H3. The Labute approximate surface area is 174 Å². The van der Waals surface area contributed by atoms with Gasteiger partial charge in [0, 0.05) is 22.7 Å². The zero-order valence-electron chi connectivity index (χ0n) is 16.2. The molecule has 1 aromatic carbocycles. The number of benzene rings is 1. The molecule has 1 amide bonds. The number of carbonyl (C=O) groups excluding carboxylic acids is 1. The molecule has 0 bridgehead atoms. The highest BCUT2D eigenvalue weighted by Gasteiger charge is 2.32. The molecule has 2 aliphatic rings. The molecule has 0 saturated carbocycles. The molecule has 0 radical (unpaired) electrons. The summed E-state index contributed by atoms with van der Waals surface area (Å²) in [6.07, 6.45) is 0.570. The maximum Gasteiger partial charge on any atom is 0.241 e. The lowest BCUT2D eigenvalue weighted by Crippen LogP contribution is -2.43. The Balaban J connectivity index is 1.54. The van der Waals surface area contributed by atoms with Gasteiger partial charge in [-0.1, -0.05) is 6.07 Å². The van der Waals surface area contributed by atoms with Crippen LogP contribution in [0.2, 0.25) is 0 Å². The molecule has 9 heteroatoms. The smallest absolute Gasteiger partial charge is 0.241 e. The van der Waals surface area contributed by atoms with Crippen molar-refractivity contribution in [1.82, 2.24) is 4.90 Å². The summed E-state index contributed by atoms with van der Waals surface area (Å²) in [6.45, 7) is 1.60. The summed E-state index contributed by atoms with van der Waals surface area (Å²) in [5.74, 6) is 1.54. The van der Waals surface area contributed by atoms with Gasteiger partial charge in [-0.05, 0) is 37.0 Å². The predicted molar refractivity (Wildman–Crippen MR) is 113 cm³/mol. The molecule has 1 atom stereocenters. The van der Waals surface area contributed by atoms with E-state index in [1.807, 2.05) is 47.7 Å². The first-order valence-electron chi connectivity index (χ1n) is 9.54. The van der Waals surface area contributed by atoms with Crippen molar-refractivity contribution in [3.8, 4) is 11.5 Å². The van der Waals surface area contributed by atoms with Crippen molar-refractivity contribution in [3.05, 3.63) is 40.6 Å². The van der Waals surface area contributed by atoms with Crippen LogP contribution in [0.25, 0.3) is 0 Å². The maximum absolute atomic E-state index is 13.2. The highest BCUT2D eigenvalue weighted by molar-refractivity contribution is 7.91. The van der Waals surface area contributed by atoms with Gasteiger partial charge < -0.3 is 14.4 Å². The van der Waals surface area contributed by atoms with Crippen LogP contribution in [0.5, 0.6) is 11.5 Å². The SMILES string of the molecule is CN(CC(=O)N(Cc1cccs1)c1ccc2c(c1)OCCO2)C1CCS(=O)(=O)C1. The van der Waals surface area contributed by atoms with Gasteiger partial charge in [-0.25, -0.2) is 8.42 Å². The first-order valence-corrected chi connectivity index (χ1v) is 12.2. The van der Waals surface area contributed by atoms with Crippen LogP contribution in [0.15, 0.2) is 35.7 Å². The lowest BCUT2D eigenvalue weighted by molar-refractivity contribution is -0.120. The summed E-state index contributed by atoms with van der Waals surface area (Å²) in [7, 11) is -1.18. The van der Waals surface area contributed by atoms with Gasteiger partial charge in [-0.15, -0.1) is 11.3 Å². The number of fused-ring (bicyclic) bond motifs is 1. The van der Waals surface area contributed by atoms with Crippen molar-refractivity contribution in [2.24, 2.45) is 0 Å². The lowest BCUT2D eigenvalue weighted by atomic mass is 10.2. The highest BCUT2D eigenvalue weighted by atomic mass is 32.2. The Morgan fingerprint density at radius 1 is 1.21 bits per heavy atom. The largest absolute Gasteiger partial charge is 0.486 e. The minimum Gasteiger partial charge on any atom is -0.486 e. The van der Waals surface area contributed by atoms with Gasteiger partial charge in [0.05, 0.1) is 24.6 Å². The van der Waals surface area contributed by atoms with Crippen LogP contribution >= 0.6 is 11.3 Å². The van der Waals surface area contributed by atoms with Crippen LogP contribution in [-0.4, -0.2) is 63.6 Å². The second-order valence-electron chi connectivity index (χ2n) is 7.36. The molecule has 1 unspecified atom stereocenters. The molecule has 2 aromatic rings. The van der Waals surface area contributed by atoms with E-state index in [-0.39, 0.29) is 30.0 Å². The van der Waals surface area contributed by atoms with Crippen molar-refractivity contribution < 1.29 is 22.7 Å². The average Bonchev–Trinajstić information content (AvgIpc) is 3.34. The topological polar surface area (TPSA) is 76.2 Å². The fourth-order valence-electron chi connectivity index (χ4n) is 3.63. The monoisotopic (exact) mass is 436 g/mol. The van der Waals surface area contributed by atoms with Crippen molar-refractivity contribution in [2.45, 2.75) is 19.0 Å². The molecule has 0 aliphatic carbocycles. The fourth-order valence-corrected chi connectivity index (χ4v) is 6.13. The summed E-state index contributed by atoms with van der Waals surface area (Å²) in [6, 6.07) is 9.36. The van der Waals surface area contributed by atoms with Crippen LogP contribution in [0, 0.1) is 0 Å². The lowest BCUT2D eigenvalue weighted by Gasteiger charge is -2.29. The van der Waals surface area contributed by atoms with Crippen LogP contribution in [-0.2, 0) is 21.2 Å². The van der Waals surface area contributed by atoms with Crippen LogP contribution in [0.3, 0.4) is 0 Å². The Bertz CT molecular complexity index is 975. The van der Waals surface area contributed by atoms with Gasteiger partial charge in [-0.3, -0.25) is 9.69 Å². The van der Waals surface area contributed by atoms with Gasteiger partial charge in [0.15, 0.2) is 21.3 Å². The van der Waals surface area contributed by atoms with E-state index in [2.05, 4.69) is 0 Å². The van der Waals surface area contributed by atoms with Crippen molar-refractivity contribution in [3.63, 3.8) is 0 Å². The third-order valence-electron chi connectivity index (χ3n) is 5.25. The Morgan fingerprint density at radius 3 is 2.69 bits per heavy atom. The number of anilines is 1. The van der Waals surface area contributed by atoms with E-state index < -0.39 is 9.84 Å². The molecule has 1 aromatic heterocycles. The number of carbonyl (C=O) groups is 1. The van der Waals surface area contributed by atoms with Gasteiger partial charge >= 0.3 is 0 Å². The van der Waals surface area contributed by atoms with Gasteiger partial charge in [0.2, 0.25) is 5.91 Å². The molecule has 7 nitrogen and oxygen atoms in total. The van der Waals surface area contributed by atoms with Gasteiger partial charge in [-0.2, -0.15) is 0 Å². The average molecular weight is 437 g/mol. The number of hydrogen-bond acceptors (Lipinski definition) is 7. The number of sulfone groups is 1. The van der Waals surface area contributed by atoms with E-state index in [9.17, 15) is 13.2 Å². The van der Waals surface area contributed by atoms with Crippen LogP contribution in [0.4, 0.5) is 5.69 Å². The maximum atomic E-state index is 13.2. The van der Waals surface area contributed by atoms with Crippen LogP contribution in [0.1, 0.15) is 11.3 Å². The molecule has 2 aliphatic heterocycles. The summed E-state index contributed by atoms with van der Waals surface area (Å²) in [4.78, 5) is 17.9. The molecule has 0 N–H and O–H groups in total. The summed E-state index contributed by atoms with van der Waals surface area (Å²) >= 11 is 1.59. The van der Waals surface area contributed by atoms with Crippen molar-refractivity contribution in [1.29, 1.82) is 0 Å². The van der Waals surface area contributed by atoms with E-state index >= 15 is 0 Å². The molecule has 0 spiro atoms. The first kappa shape index (κ1) is 20.2. The number of hydrogen-bond donors (Lipinski definition) is 0. The van der Waals surface area contributed by atoms with Crippen LogP contribution < -0.4 is 14.4 Å². The number of thiophene rings is 1. The number of amides is 1. The zero-order chi connectivity index (χ0) is 20.4. The minimum absolute atomic E-state index is 0.0816. The van der Waals surface area contributed by atoms with E-state index in [1.54, 1.807) is 16.2 Å². The van der Waals surface area contributed by atoms with E-state index in [0.717, 1.165) is 10.6 Å². The van der Waals surface area contributed by atoms with E-state index in [0.29, 0.717) is 37.7 Å². The molecule has 1 saturated heterocycles. The van der Waals surface area contributed by atoms with Gasteiger partial charge in [0.25, 0.3) is 0 Å². The second kappa shape index (κ2) is 8.33. The first-order chi connectivity index (χ1) is 13.9. The molecular weight excluding hydrogens is 412 g/mol. The predicted octanol–water partition coefficient (Wildman–Crippen LogP) is 2.17. The molecule has 4 rings (SSSR count). The summed E-state index contributed by atoms with van der Waals surface area (Å²) < 4.78 is 34.8. The molecule has 3 heterocycles. The van der Waals surface area contributed by atoms with E-state index in [4.69, 9.17) is 9.47 Å². The Morgan fingerprint density at radius 2 is 2.00 bits per heavy atom. The molecule has 29 heavy (non-hydrogen) atoms. The second-order valence-corrected chi connectivity index (χ2v) is 10.6. The number of ether oxygens (including phenoxy) is 2. The number of nitrogens with zero attached hydrogens (tertiary/aromatic N) is 2. The molecular formula is C20H24N2O5S2. The summed E-state index contributed by atoms with van der Waals surface area (Å²) in [5, 5.41) is 1.98. The summed E-state index contributed by atoms with van der Waals surface area (Å²) in [5.41, 5.74) is 0.736. The molecule has 156 valence electrons. The fraction of sp³-hybridized carbons (Fsp3) is 0.450. The highest BCUT2D eigenvalue weighted by Crippen LogP contribution is 2.35. The zero-order valence-corrected chi connectivity index (χ0v) is 17.9. The van der Waals surface area contributed by atoms with Gasteiger partial charge in [0.1, 0.15) is 13.2 Å². The number of likely N-dealkylation sites (N-methyl/N-ethyl adjacent to an activating group) is 1. The third-order valence-corrected chi connectivity index (χ3v) is 7.86. The number of rotatable bonds is 6. The third kappa shape index (κ3) is 4.73. The van der Waals surface area contributed by atoms with Crippen molar-refractivity contribution in [2.75, 3.05) is 43.2 Å². The molecule has 1 fully saturated rings. The van der Waals surface area contributed by atoms with E-state index in [1.165, 1.54) is 0 Å². The Hall–Kier alpha value is -2.10. The quantitative estimate of drug-likeness (QED) is 0.691.